The van der Waals surface area contributed by atoms with Crippen LogP contribution in [-0.2, 0) is 24.8 Å². The van der Waals surface area contributed by atoms with Crippen LogP contribution in [0, 0.1) is 0 Å². The zero-order valence-electron chi connectivity index (χ0n) is 14.2. The molecule has 25 heavy (non-hydrogen) atoms. The fraction of sp³-hybridized carbons (Fsp3) is 0.533. The second-order valence-corrected chi connectivity index (χ2v) is 5.87. The van der Waals surface area contributed by atoms with Crippen LogP contribution in [0.1, 0.15) is 33.4 Å². The third-order valence-corrected chi connectivity index (χ3v) is 4.02. The Morgan fingerprint density at radius 1 is 1.36 bits per heavy atom. The van der Waals surface area contributed by atoms with E-state index < -0.39 is 0 Å². The number of carbonyl (C=O) groups excluding carboxylic acids is 2. The second-order valence-electron chi connectivity index (χ2n) is 5.87. The number of aryl methyl sites for hydroxylation is 2. The molecule has 134 valence electrons. The van der Waals surface area contributed by atoms with E-state index in [9.17, 15) is 9.59 Å². The lowest BCUT2D eigenvalue weighted by atomic mass is 10.1. The van der Waals surface area contributed by atoms with Gasteiger partial charge in [0.25, 0.3) is 11.8 Å². The Bertz CT molecular complexity index is 767. The average Bonchev–Trinajstić information content (AvgIpc) is 3.21. The highest BCUT2D eigenvalue weighted by Gasteiger charge is 2.26. The van der Waals surface area contributed by atoms with E-state index in [0.717, 1.165) is 12.2 Å². The maximum Gasteiger partial charge on any atom is 0.291 e. The van der Waals surface area contributed by atoms with Gasteiger partial charge in [-0.15, -0.1) is 5.10 Å². The normalized spacial score (nSPS) is 16.3. The zero-order valence-corrected chi connectivity index (χ0v) is 14.2. The first kappa shape index (κ1) is 17.1. The van der Waals surface area contributed by atoms with Crippen molar-refractivity contribution in [3.05, 3.63) is 29.9 Å². The van der Waals surface area contributed by atoms with Gasteiger partial charge in [0.15, 0.2) is 0 Å². The minimum atomic E-state index is -0.319. The van der Waals surface area contributed by atoms with Gasteiger partial charge in [-0.2, -0.15) is 0 Å². The maximum atomic E-state index is 12.3. The first-order valence-electron chi connectivity index (χ1n) is 8.06. The Labute approximate surface area is 144 Å². The number of nitrogens with zero attached hydrogens (tertiary/aromatic N) is 5. The molecule has 2 aromatic rings. The van der Waals surface area contributed by atoms with Gasteiger partial charge < -0.3 is 19.9 Å². The first-order valence-corrected chi connectivity index (χ1v) is 8.06. The minimum absolute atomic E-state index is 0.108. The fourth-order valence-corrected chi connectivity index (χ4v) is 2.78. The largest absolute Gasteiger partial charge is 0.383 e. The van der Waals surface area contributed by atoms with Crippen LogP contribution in [0.2, 0.25) is 0 Å². The molecule has 2 aromatic heterocycles. The summed E-state index contributed by atoms with van der Waals surface area (Å²) in [5.41, 5.74) is 0.487. The molecule has 0 saturated heterocycles. The minimum Gasteiger partial charge on any atom is -0.383 e. The number of rotatable bonds is 6. The van der Waals surface area contributed by atoms with Crippen LogP contribution < -0.4 is 10.6 Å². The van der Waals surface area contributed by atoms with E-state index in [1.807, 2.05) is 4.57 Å². The van der Waals surface area contributed by atoms with Crippen molar-refractivity contribution >= 4 is 11.8 Å². The molecule has 3 rings (SSSR count). The van der Waals surface area contributed by atoms with Crippen LogP contribution in [0.15, 0.2) is 12.5 Å². The van der Waals surface area contributed by atoms with Gasteiger partial charge in [-0.05, 0) is 6.42 Å². The highest BCUT2D eigenvalue weighted by molar-refractivity contribution is 5.92. The van der Waals surface area contributed by atoms with Gasteiger partial charge in [0, 0.05) is 39.7 Å². The molecule has 2 amide bonds. The van der Waals surface area contributed by atoms with Crippen LogP contribution in [0.25, 0.3) is 0 Å². The Kier molecular flexibility index (Phi) is 5.08. The van der Waals surface area contributed by atoms with Gasteiger partial charge in [-0.25, -0.2) is 9.97 Å². The summed E-state index contributed by atoms with van der Waals surface area (Å²) in [5.74, 6) is 0.462. The molecule has 0 saturated carbocycles. The highest BCUT2D eigenvalue weighted by atomic mass is 16.5. The summed E-state index contributed by atoms with van der Waals surface area (Å²) < 4.78 is 8.26. The summed E-state index contributed by atoms with van der Waals surface area (Å²) in [7, 11) is 3.28. The topological polar surface area (TPSA) is 116 Å². The number of hydrogen-bond acceptors (Lipinski definition) is 6. The van der Waals surface area contributed by atoms with Crippen molar-refractivity contribution in [2.45, 2.75) is 25.4 Å². The van der Waals surface area contributed by atoms with Crippen LogP contribution in [0.3, 0.4) is 0 Å². The molecule has 0 spiro atoms. The quantitative estimate of drug-likeness (QED) is 0.657. The standard InChI is InChI=1S/C15H21N7O3/c1-21-9-18-13(20-21)15(24)19-10-3-4-12-17-7-11(22(12)8-10)14(23)16-5-6-25-2/h7,9-10H,3-6,8H2,1-2H3,(H,16,23)(H,19,24). The monoisotopic (exact) mass is 347 g/mol. The Morgan fingerprint density at radius 3 is 2.92 bits per heavy atom. The molecule has 1 atom stereocenters. The number of amides is 2. The Hall–Kier alpha value is -2.75. The predicted octanol–water partition coefficient (Wildman–Crippen LogP) is -0.867. The molecular formula is C15H21N7O3. The fourth-order valence-electron chi connectivity index (χ4n) is 2.78. The number of hydrogen-bond donors (Lipinski definition) is 2. The van der Waals surface area contributed by atoms with Crippen LogP contribution in [-0.4, -0.2) is 62.4 Å². The van der Waals surface area contributed by atoms with Gasteiger partial charge >= 0.3 is 0 Å². The molecule has 0 aromatic carbocycles. The molecule has 1 aliphatic heterocycles. The number of ether oxygens (including phenoxy) is 1. The number of fused-ring (bicyclic) bond motifs is 1. The first-order chi connectivity index (χ1) is 12.1. The molecule has 0 aliphatic carbocycles. The van der Waals surface area contributed by atoms with E-state index in [4.69, 9.17) is 4.74 Å². The summed E-state index contributed by atoms with van der Waals surface area (Å²) in [4.78, 5) is 32.7. The van der Waals surface area contributed by atoms with Crippen molar-refractivity contribution in [2.75, 3.05) is 20.3 Å². The van der Waals surface area contributed by atoms with Gasteiger partial charge in [-0.3, -0.25) is 14.3 Å². The highest BCUT2D eigenvalue weighted by Crippen LogP contribution is 2.17. The summed E-state index contributed by atoms with van der Waals surface area (Å²) in [6, 6.07) is -0.108. The average molecular weight is 347 g/mol. The predicted molar refractivity (Wildman–Crippen MR) is 87.0 cm³/mol. The molecule has 1 unspecified atom stereocenters. The number of imidazole rings is 1. The molecule has 2 N–H and O–H groups in total. The van der Waals surface area contributed by atoms with Gasteiger partial charge in [-0.1, -0.05) is 0 Å². The summed E-state index contributed by atoms with van der Waals surface area (Å²) >= 11 is 0. The van der Waals surface area contributed by atoms with Crippen molar-refractivity contribution in [3.63, 3.8) is 0 Å². The molecule has 10 nitrogen and oxygen atoms in total. The smallest absolute Gasteiger partial charge is 0.291 e. The molecule has 3 heterocycles. The lowest BCUT2D eigenvalue weighted by molar-refractivity contribution is 0.0914. The van der Waals surface area contributed by atoms with E-state index in [1.165, 1.54) is 11.0 Å². The Morgan fingerprint density at radius 2 is 2.20 bits per heavy atom. The van der Waals surface area contributed by atoms with E-state index in [2.05, 4.69) is 25.7 Å². The molecule has 0 fully saturated rings. The molecule has 0 radical (unpaired) electrons. The third-order valence-electron chi connectivity index (χ3n) is 4.02. The molecular weight excluding hydrogens is 326 g/mol. The van der Waals surface area contributed by atoms with Crippen molar-refractivity contribution in [3.8, 4) is 0 Å². The maximum absolute atomic E-state index is 12.3. The lowest BCUT2D eigenvalue weighted by Crippen LogP contribution is -2.42. The molecule has 10 heteroatoms. The van der Waals surface area contributed by atoms with Gasteiger partial charge in [0.1, 0.15) is 17.8 Å². The van der Waals surface area contributed by atoms with E-state index >= 15 is 0 Å². The van der Waals surface area contributed by atoms with Crippen LogP contribution in [0.5, 0.6) is 0 Å². The van der Waals surface area contributed by atoms with Crippen LogP contribution in [0.4, 0.5) is 0 Å². The van der Waals surface area contributed by atoms with Crippen LogP contribution >= 0.6 is 0 Å². The number of nitrogens with one attached hydrogen (secondary N) is 2. The number of carbonyl (C=O) groups is 2. The summed E-state index contributed by atoms with van der Waals surface area (Å²) in [6.07, 6.45) is 4.49. The molecule has 1 aliphatic rings. The molecule has 0 bridgehead atoms. The SMILES string of the molecule is COCCNC(=O)c1cnc2n1CC(NC(=O)c1ncn(C)n1)CC2. The van der Waals surface area contributed by atoms with E-state index in [0.29, 0.717) is 31.8 Å². The van der Waals surface area contributed by atoms with Crippen molar-refractivity contribution in [1.82, 2.24) is 34.9 Å². The van der Waals surface area contributed by atoms with E-state index in [-0.39, 0.29) is 23.7 Å². The lowest BCUT2D eigenvalue weighted by Gasteiger charge is -2.25. The number of methoxy groups -OCH3 is 1. The van der Waals surface area contributed by atoms with Gasteiger partial charge in [0.2, 0.25) is 5.82 Å². The zero-order chi connectivity index (χ0) is 17.8. The second kappa shape index (κ2) is 7.43. The number of aromatic nitrogens is 5. The van der Waals surface area contributed by atoms with Crippen molar-refractivity contribution in [1.29, 1.82) is 0 Å². The summed E-state index contributed by atoms with van der Waals surface area (Å²) in [5, 5.41) is 9.70. The van der Waals surface area contributed by atoms with E-state index in [1.54, 1.807) is 20.4 Å². The summed E-state index contributed by atoms with van der Waals surface area (Å²) in [6.45, 7) is 1.37. The van der Waals surface area contributed by atoms with Crippen molar-refractivity contribution in [2.24, 2.45) is 7.05 Å². The van der Waals surface area contributed by atoms with Gasteiger partial charge in [0.05, 0.1) is 12.8 Å². The van der Waals surface area contributed by atoms with Crippen molar-refractivity contribution < 1.29 is 14.3 Å². The third kappa shape index (κ3) is 3.85. The Balaban J connectivity index is 1.65.